The topological polar surface area (TPSA) is 67.9 Å². The van der Waals surface area contributed by atoms with Crippen LogP contribution in [0.5, 0.6) is 11.5 Å². The molecule has 0 heterocycles. The molecule has 0 aliphatic heterocycles. The van der Waals surface area contributed by atoms with Gasteiger partial charge in [0.2, 0.25) is 11.8 Å². The second kappa shape index (κ2) is 16.3. The highest BCUT2D eigenvalue weighted by molar-refractivity contribution is 5.88. The molecular weight excluding hydrogens is 507 g/mol. The maximum absolute atomic E-state index is 14.8. The number of nitrogens with zero attached hydrogens (tertiary/aromatic N) is 1. The molecule has 7 heteroatoms. The number of amides is 2. The number of aryl methyl sites for hydroxylation is 1. The Morgan fingerprint density at radius 3 is 2.27 bits per heavy atom. The molecule has 40 heavy (non-hydrogen) atoms. The molecule has 0 radical (unpaired) electrons. The van der Waals surface area contributed by atoms with Crippen molar-refractivity contribution in [2.24, 2.45) is 0 Å². The van der Waals surface area contributed by atoms with Crippen LogP contribution in [0.4, 0.5) is 4.39 Å². The Morgan fingerprint density at radius 2 is 1.57 bits per heavy atom. The summed E-state index contributed by atoms with van der Waals surface area (Å²) in [6.45, 7) is 7.41. The van der Waals surface area contributed by atoms with Crippen LogP contribution < -0.4 is 14.8 Å². The third-order valence-electron chi connectivity index (χ3n) is 6.63. The molecule has 0 saturated carbocycles. The Hall–Kier alpha value is -3.87. The van der Waals surface area contributed by atoms with Crippen molar-refractivity contribution < 1.29 is 23.5 Å². The molecule has 3 aromatic carbocycles. The SMILES string of the molecule is CCCCNC(=O)C(Cc1ccccc1)N(Cc1ccccc1F)C(=O)CCc1ccc(OCC)c(OCC)c1. The fourth-order valence-corrected chi connectivity index (χ4v) is 4.52. The van der Waals surface area contributed by atoms with E-state index in [2.05, 4.69) is 12.2 Å². The maximum Gasteiger partial charge on any atom is 0.243 e. The largest absolute Gasteiger partial charge is 0.490 e. The fourth-order valence-electron chi connectivity index (χ4n) is 4.52. The number of hydrogen-bond acceptors (Lipinski definition) is 4. The number of nitrogens with one attached hydrogen (secondary N) is 1. The average Bonchev–Trinajstić information content (AvgIpc) is 2.96. The third-order valence-corrected chi connectivity index (χ3v) is 6.63. The zero-order valence-electron chi connectivity index (χ0n) is 23.8. The molecule has 214 valence electrons. The minimum Gasteiger partial charge on any atom is -0.490 e. The Balaban J connectivity index is 1.89. The van der Waals surface area contributed by atoms with Crippen LogP contribution in [0.2, 0.25) is 0 Å². The molecule has 3 aromatic rings. The van der Waals surface area contributed by atoms with E-state index in [1.807, 2.05) is 62.4 Å². The van der Waals surface area contributed by atoms with Crippen LogP contribution in [0.3, 0.4) is 0 Å². The first-order valence-corrected chi connectivity index (χ1v) is 14.2. The molecule has 1 N–H and O–H groups in total. The van der Waals surface area contributed by atoms with Crippen LogP contribution in [0, 0.1) is 5.82 Å². The lowest BCUT2D eigenvalue weighted by Gasteiger charge is -2.32. The number of ether oxygens (including phenoxy) is 2. The van der Waals surface area contributed by atoms with Gasteiger partial charge in [0.15, 0.2) is 11.5 Å². The third kappa shape index (κ3) is 9.11. The lowest BCUT2D eigenvalue weighted by atomic mass is 10.0. The molecule has 0 aliphatic rings. The van der Waals surface area contributed by atoms with Gasteiger partial charge in [0.1, 0.15) is 11.9 Å². The first-order chi connectivity index (χ1) is 19.5. The molecule has 0 aliphatic carbocycles. The fraction of sp³-hybridized carbons (Fsp3) is 0.394. The number of hydrogen-bond donors (Lipinski definition) is 1. The van der Waals surface area contributed by atoms with Gasteiger partial charge >= 0.3 is 0 Å². The first-order valence-electron chi connectivity index (χ1n) is 14.2. The number of unbranched alkanes of at least 4 members (excludes halogenated alkanes) is 1. The van der Waals surface area contributed by atoms with E-state index in [0.29, 0.717) is 49.7 Å². The smallest absolute Gasteiger partial charge is 0.243 e. The van der Waals surface area contributed by atoms with E-state index in [-0.39, 0.29) is 24.8 Å². The van der Waals surface area contributed by atoms with Gasteiger partial charge in [-0.05, 0) is 56.0 Å². The number of carbonyl (C=O) groups is 2. The summed E-state index contributed by atoms with van der Waals surface area (Å²) in [4.78, 5) is 28.9. The second-order valence-electron chi connectivity index (χ2n) is 9.61. The highest BCUT2D eigenvalue weighted by Crippen LogP contribution is 2.29. The van der Waals surface area contributed by atoms with Crippen LogP contribution in [0.1, 0.15) is 56.7 Å². The molecule has 3 rings (SSSR count). The van der Waals surface area contributed by atoms with Crippen molar-refractivity contribution >= 4 is 11.8 Å². The lowest BCUT2D eigenvalue weighted by molar-refractivity contribution is -0.141. The summed E-state index contributed by atoms with van der Waals surface area (Å²) in [5.74, 6) is 0.434. The highest BCUT2D eigenvalue weighted by atomic mass is 19.1. The summed E-state index contributed by atoms with van der Waals surface area (Å²) in [5.41, 5.74) is 2.21. The molecule has 0 aromatic heterocycles. The standard InChI is InChI=1S/C33H41FN2O4/c1-4-7-21-35-33(38)29(22-25-13-9-8-10-14-25)36(24-27-15-11-12-16-28(27)34)32(37)20-18-26-17-19-30(39-5-2)31(23-26)40-6-3/h8-17,19,23,29H,4-7,18,20-22,24H2,1-3H3,(H,35,38). The van der Waals surface area contributed by atoms with Crippen molar-refractivity contribution in [3.63, 3.8) is 0 Å². The summed E-state index contributed by atoms with van der Waals surface area (Å²) < 4.78 is 26.2. The van der Waals surface area contributed by atoms with Gasteiger partial charge in [-0.3, -0.25) is 9.59 Å². The zero-order valence-corrected chi connectivity index (χ0v) is 23.8. The van der Waals surface area contributed by atoms with E-state index >= 15 is 0 Å². The maximum atomic E-state index is 14.8. The highest BCUT2D eigenvalue weighted by Gasteiger charge is 2.30. The van der Waals surface area contributed by atoms with E-state index in [0.717, 1.165) is 24.0 Å². The molecule has 0 bridgehead atoms. The van der Waals surface area contributed by atoms with Gasteiger partial charge in [0.25, 0.3) is 0 Å². The van der Waals surface area contributed by atoms with Crippen molar-refractivity contribution in [1.82, 2.24) is 10.2 Å². The molecule has 2 amide bonds. The predicted molar refractivity (Wildman–Crippen MR) is 156 cm³/mol. The molecule has 0 spiro atoms. The van der Waals surface area contributed by atoms with Crippen LogP contribution in [-0.2, 0) is 29.0 Å². The Morgan fingerprint density at radius 1 is 0.875 bits per heavy atom. The van der Waals surface area contributed by atoms with Crippen LogP contribution in [-0.4, -0.2) is 42.5 Å². The van der Waals surface area contributed by atoms with Crippen LogP contribution in [0.15, 0.2) is 72.8 Å². The van der Waals surface area contributed by atoms with Crippen molar-refractivity contribution in [2.45, 2.75) is 65.5 Å². The molecule has 1 atom stereocenters. The normalized spacial score (nSPS) is 11.5. The Kier molecular flexibility index (Phi) is 12.5. The van der Waals surface area contributed by atoms with E-state index in [1.54, 1.807) is 18.2 Å². The second-order valence-corrected chi connectivity index (χ2v) is 9.61. The van der Waals surface area contributed by atoms with Crippen LogP contribution >= 0.6 is 0 Å². The van der Waals surface area contributed by atoms with E-state index in [1.165, 1.54) is 11.0 Å². The van der Waals surface area contributed by atoms with Gasteiger partial charge in [0.05, 0.1) is 13.2 Å². The van der Waals surface area contributed by atoms with Crippen LogP contribution in [0.25, 0.3) is 0 Å². The summed E-state index contributed by atoms with van der Waals surface area (Å²) in [7, 11) is 0. The van der Waals surface area contributed by atoms with E-state index in [9.17, 15) is 14.0 Å². The van der Waals surface area contributed by atoms with Gasteiger partial charge in [0, 0.05) is 31.5 Å². The van der Waals surface area contributed by atoms with Crippen molar-refractivity contribution in [3.8, 4) is 11.5 Å². The number of rotatable bonds is 16. The lowest BCUT2D eigenvalue weighted by Crippen LogP contribution is -2.50. The molecule has 1 unspecified atom stereocenters. The quantitative estimate of drug-likeness (QED) is 0.219. The summed E-state index contributed by atoms with van der Waals surface area (Å²) in [6, 6.07) is 20.9. The van der Waals surface area contributed by atoms with Gasteiger partial charge in [-0.15, -0.1) is 0 Å². The first kappa shape index (κ1) is 30.7. The van der Waals surface area contributed by atoms with Gasteiger partial charge < -0.3 is 19.7 Å². The van der Waals surface area contributed by atoms with Crippen molar-refractivity contribution in [1.29, 1.82) is 0 Å². The Labute approximate surface area is 237 Å². The monoisotopic (exact) mass is 548 g/mol. The number of carbonyl (C=O) groups excluding carboxylic acids is 2. The molecule has 0 saturated heterocycles. The minimum absolute atomic E-state index is 0.00230. The van der Waals surface area contributed by atoms with Gasteiger partial charge in [-0.25, -0.2) is 4.39 Å². The van der Waals surface area contributed by atoms with Crippen molar-refractivity contribution in [3.05, 3.63) is 95.3 Å². The summed E-state index contributed by atoms with van der Waals surface area (Å²) >= 11 is 0. The number of halogens is 1. The molecule has 6 nitrogen and oxygen atoms in total. The predicted octanol–water partition coefficient (Wildman–Crippen LogP) is 6.11. The van der Waals surface area contributed by atoms with E-state index in [4.69, 9.17) is 9.47 Å². The van der Waals surface area contributed by atoms with Gasteiger partial charge in [-0.2, -0.15) is 0 Å². The number of benzene rings is 3. The Bertz CT molecular complexity index is 1220. The average molecular weight is 549 g/mol. The minimum atomic E-state index is -0.786. The van der Waals surface area contributed by atoms with E-state index < -0.39 is 11.9 Å². The zero-order chi connectivity index (χ0) is 28.7. The van der Waals surface area contributed by atoms with Crippen molar-refractivity contribution in [2.75, 3.05) is 19.8 Å². The summed E-state index contributed by atoms with van der Waals surface area (Å²) in [6.07, 6.45) is 2.70. The molecular formula is C33H41FN2O4. The van der Waals surface area contributed by atoms with Gasteiger partial charge in [-0.1, -0.05) is 67.9 Å². The summed E-state index contributed by atoms with van der Waals surface area (Å²) in [5, 5.41) is 3.00. The molecule has 0 fully saturated rings.